The molecule has 25 heavy (non-hydrogen) atoms. The molecule has 0 aromatic carbocycles. The zero-order valence-electron chi connectivity index (χ0n) is 15.3. The molecule has 0 radical (unpaired) electrons. The molecular weight excluding hydrogens is 320 g/mol. The number of aliphatic hydroxyl groups excluding tert-OH is 3. The first-order valence-corrected chi connectivity index (χ1v) is 9.26. The molecule has 0 saturated heterocycles. The van der Waals surface area contributed by atoms with E-state index < -0.39 is 24.3 Å². The van der Waals surface area contributed by atoms with E-state index in [4.69, 9.17) is 5.11 Å². The Morgan fingerprint density at radius 1 is 0.800 bits per heavy atom. The summed E-state index contributed by atoms with van der Waals surface area (Å²) in [6.07, 6.45) is 14.7. The van der Waals surface area contributed by atoms with Crippen LogP contribution in [0.3, 0.4) is 0 Å². The Labute approximate surface area is 151 Å². The van der Waals surface area contributed by atoms with E-state index in [2.05, 4.69) is 6.92 Å². The van der Waals surface area contributed by atoms with Crippen molar-refractivity contribution in [2.45, 2.75) is 83.0 Å². The van der Waals surface area contributed by atoms with E-state index >= 15 is 0 Å². The highest BCUT2D eigenvalue weighted by Crippen LogP contribution is 2.14. The standard InChI is InChI=1S/C20H34O5/c1-2-3-4-5-6-10-13-18(22)19(23)16-15-17(21)12-9-7-8-11-14-20(24)25/h7-9,11-12,14,17-19,21-23H,2-6,10,13,15-16H2,1H3,(H,24,25). The first-order chi connectivity index (χ1) is 12.0. The van der Waals surface area contributed by atoms with Crippen LogP contribution in [0.1, 0.15) is 64.7 Å². The van der Waals surface area contributed by atoms with Crippen molar-refractivity contribution < 1.29 is 25.2 Å². The first-order valence-electron chi connectivity index (χ1n) is 9.26. The molecule has 144 valence electrons. The Balaban J connectivity index is 3.83. The zero-order chi connectivity index (χ0) is 18.9. The predicted octanol–water partition coefficient (Wildman–Crippen LogP) is 3.35. The van der Waals surface area contributed by atoms with Crippen LogP contribution in [0.4, 0.5) is 0 Å². The highest BCUT2D eigenvalue weighted by Gasteiger charge is 2.16. The Bertz CT molecular complexity index is 414. The molecule has 0 aromatic heterocycles. The van der Waals surface area contributed by atoms with Gasteiger partial charge in [-0.05, 0) is 19.3 Å². The molecule has 0 bridgehead atoms. The summed E-state index contributed by atoms with van der Waals surface area (Å²) in [5.74, 6) is -1.01. The summed E-state index contributed by atoms with van der Waals surface area (Å²) in [6.45, 7) is 2.18. The summed E-state index contributed by atoms with van der Waals surface area (Å²) < 4.78 is 0. The molecule has 0 fully saturated rings. The summed E-state index contributed by atoms with van der Waals surface area (Å²) in [5.41, 5.74) is 0. The van der Waals surface area contributed by atoms with E-state index in [9.17, 15) is 20.1 Å². The van der Waals surface area contributed by atoms with Crippen LogP contribution in [0, 0.1) is 0 Å². The smallest absolute Gasteiger partial charge is 0.328 e. The molecule has 0 aliphatic carbocycles. The van der Waals surface area contributed by atoms with Gasteiger partial charge in [0.2, 0.25) is 0 Å². The topological polar surface area (TPSA) is 98.0 Å². The third-order valence-electron chi connectivity index (χ3n) is 3.96. The van der Waals surface area contributed by atoms with Crippen LogP contribution < -0.4 is 0 Å². The molecule has 5 heteroatoms. The minimum absolute atomic E-state index is 0.338. The third-order valence-corrected chi connectivity index (χ3v) is 3.96. The Hall–Kier alpha value is -1.43. The van der Waals surface area contributed by atoms with E-state index in [0.29, 0.717) is 19.3 Å². The molecular formula is C20H34O5. The fourth-order valence-corrected chi connectivity index (χ4v) is 2.41. The van der Waals surface area contributed by atoms with Crippen molar-refractivity contribution in [3.8, 4) is 0 Å². The minimum atomic E-state index is -1.01. The summed E-state index contributed by atoms with van der Waals surface area (Å²) >= 11 is 0. The lowest BCUT2D eigenvalue weighted by Gasteiger charge is -2.18. The van der Waals surface area contributed by atoms with E-state index in [1.807, 2.05) is 0 Å². The maximum absolute atomic E-state index is 10.2. The average Bonchev–Trinajstić information content (AvgIpc) is 2.58. The van der Waals surface area contributed by atoms with Gasteiger partial charge in [0.15, 0.2) is 0 Å². The van der Waals surface area contributed by atoms with E-state index in [1.54, 1.807) is 24.3 Å². The van der Waals surface area contributed by atoms with Crippen LogP contribution in [-0.2, 0) is 4.79 Å². The van der Waals surface area contributed by atoms with Crippen molar-refractivity contribution in [1.29, 1.82) is 0 Å². The minimum Gasteiger partial charge on any atom is -0.478 e. The molecule has 0 heterocycles. The second-order valence-corrected chi connectivity index (χ2v) is 6.30. The van der Waals surface area contributed by atoms with E-state index in [1.165, 1.54) is 31.8 Å². The largest absolute Gasteiger partial charge is 0.478 e. The second kappa shape index (κ2) is 16.1. The molecule has 0 aliphatic heterocycles. The van der Waals surface area contributed by atoms with Crippen LogP contribution in [0.2, 0.25) is 0 Å². The van der Waals surface area contributed by atoms with Crippen molar-refractivity contribution in [2.24, 2.45) is 0 Å². The first kappa shape index (κ1) is 23.6. The van der Waals surface area contributed by atoms with Crippen molar-refractivity contribution >= 4 is 5.97 Å². The van der Waals surface area contributed by atoms with E-state index in [0.717, 1.165) is 18.9 Å². The number of aliphatic carboxylic acids is 1. The molecule has 0 amide bonds. The number of unbranched alkanes of at least 4 members (excludes halogenated alkanes) is 5. The van der Waals surface area contributed by atoms with Gasteiger partial charge in [-0.15, -0.1) is 0 Å². The summed E-state index contributed by atoms with van der Waals surface area (Å²) in [6, 6.07) is 0. The number of aliphatic hydroxyl groups is 3. The molecule has 0 spiro atoms. The fourth-order valence-electron chi connectivity index (χ4n) is 2.41. The van der Waals surface area contributed by atoms with Gasteiger partial charge in [0.1, 0.15) is 0 Å². The Kier molecular flexibility index (Phi) is 15.1. The van der Waals surface area contributed by atoms with Crippen LogP contribution in [-0.4, -0.2) is 44.7 Å². The zero-order valence-corrected chi connectivity index (χ0v) is 15.3. The molecule has 4 N–H and O–H groups in total. The van der Waals surface area contributed by atoms with Crippen molar-refractivity contribution in [1.82, 2.24) is 0 Å². The van der Waals surface area contributed by atoms with Gasteiger partial charge in [-0.3, -0.25) is 0 Å². The fraction of sp³-hybridized carbons (Fsp3) is 0.650. The SMILES string of the molecule is CCCCCCCCC(O)C(O)CCC(O)C=CC=CC=CC(=O)O. The molecule has 0 aromatic rings. The molecule has 0 saturated carbocycles. The van der Waals surface area contributed by atoms with E-state index in [-0.39, 0.29) is 0 Å². The van der Waals surface area contributed by atoms with Gasteiger partial charge in [0.05, 0.1) is 18.3 Å². The lowest BCUT2D eigenvalue weighted by Crippen LogP contribution is -2.26. The van der Waals surface area contributed by atoms with Gasteiger partial charge in [0.25, 0.3) is 0 Å². The molecule has 0 rings (SSSR count). The third kappa shape index (κ3) is 15.8. The highest BCUT2D eigenvalue weighted by molar-refractivity contribution is 5.80. The highest BCUT2D eigenvalue weighted by atomic mass is 16.4. The van der Waals surface area contributed by atoms with Gasteiger partial charge in [0, 0.05) is 6.08 Å². The Morgan fingerprint density at radius 3 is 2.08 bits per heavy atom. The number of rotatable bonds is 15. The molecule has 3 atom stereocenters. The van der Waals surface area contributed by atoms with Crippen LogP contribution >= 0.6 is 0 Å². The Morgan fingerprint density at radius 2 is 1.40 bits per heavy atom. The van der Waals surface area contributed by atoms with Crippen molar-refractivity contribution in [3.63, 3.8) is 0 Å². The normalized spacial score (nSPS) is 16.0. The van der Waals surface area contributed by atoms with Gasteiger partial charge in [-0.25, -0.2) is 4.79 Å². The number of allylic oxidation sites excluding steroid dienone is 4. The number of hydrogen-bond donors (Lipinski definition) is 4. The van der Waals surface area contributed by atoms with Gasteiger partial charge >= 0.3 is 5.97 Å². The number of hydrogen-bond acceptors (Lipinski definition) is 4. The summed E-state index contributed by atoms with van der Waals surface area (Å²) in [5, 5.41) is 38.1. The van der Waals surface area contributed by atoms with Gasteiger partial charge in [-0.2, -0.15) is 0 Å². The lowest BCUT2D eigenvalue weighted by atomic mass is 10.00. The summed E-state index contributed by atoms with van der Waals surface area (Å²) in [7, 11) is 0. The van der Waals surface area contributed by atoms with Crippen molar-refractivity contribution in [2.75, 3.05) is 0 Å². The van der Waals surface area contributed by atoms with Crippen molar-refractivity contribution in [3.05, 3.63) is 36.5 Å². The second-order valence-electron chi connectivity index (χ2n) is 6.30. The maximum atomic E-state index is 10.2. The molecule has 3 unspecified atom stereocenters. The van der Waals surface area contributed by atoms with Crippen LogP contribution in [0.5, 0.6) is 0 Å². The van der Waals surface area contributed by atoms with Crippen LogP contribution in [0.25, 0.3) is 0 Å². The maximum Gasteiger partial charge on any atom is 0.328 e. The number of carboxylic acid groups (broad SMARTS) is 1. The number of carbonyl (C=O) groups is 1. The van der Waals surface area contributed by atoms with Gasteiger partial charge in [-0.1, -0.05) is 75.8 Å². The van der Waals surface area contributed by atoms with Crippen LogP contribution in [0.15, 0.2) is 36.5 Å². The van der Waals surface area contributed by atoms with Gasteiger partial charge < -0.3 is 20.4 Å². The monoisotopic (exact) mass is 354 g/mol. The quantitative estimate of drug-likeness (QED) is 0.205. The average molecular weight is 354 g/mol. The molecule has 0 aliphatic rings. The number of carboxylic acids is 1. The predicted molar refractivity (Wildman–Crippen MR) is 100 cm³/mol. The lowest BCUT2D eigenvalue weighted by molar-refractivity contribution is -0.131. The summed E-state index contributed by atoms with van der Waals surface area (Å²) in [4.78, 5) is 10.2. The molecule has 5 nitrogen and oxygen atoms in total.